The molecule has 3 heterocycles. The number of imidazole rings is 1. The van der Waals surface area contributed by atoms with Crippen LogP contribution in [0, 0.1) is 0 Å². The van der Waals surface area contributed by atoms with E-state index in [-0.39, 0.29) is 18.9 Å². The third kappa shape index (κ3) is 7.70. The van der Waals surface area contributed by atoms with Gasteiger partial charge in [0.25, 0.3) is 5.91 Å². The number of hydrogen-bond donors (Lipinski definition) is 2. The molecule has 3 aromatic heterocycles. The topological polar surface area (TPSA) is 119 Å². The average Bonchev–Trinajstić information content (AvgIpc) is 3.38. The second kappa shape index (κ2) is 10.0. The van der Waals surface area contributed by atoms with Crippen molar-refractivity contribution in [1.29, 1.82) is 0 Å². The smallest absolute Gasteiger partial charge is 0.352 e. The molecule has 16 heteroatoms. The van der Waals surface area contributed by atoms with Crippen molar-refractivity contribution < 1.29 is 35.9 Å². The highest BCUT2D eigenvalue weighted by molar-refractivity contribution is 5.90. The van der Waals surface area contributed by atoms with Crippen LogP contribution in [0.2, 0.25) is 0 Å². The Morgan fingerprint density at radius 3 is 2.44 bits per heavy atom. The van der Waals surface area contributed by atoms with Crippen LogP contribution in [0.4, 0.5) is 26.3 Å². The minimum atomic E-state index is -4.41. The number of aromatic nitrogens is 6. The van der Waals surface area contributed by atoms with Crippen LogP contribution in [0.3, 0.4) is 0 Å². The fourth-order valence-corrected chi connectivity index (χ4v) is 2.69. The number of carbonyl (C=O) groups excluding carboxylic acids is 2. The molecule has 0 bridgehead atoms. The van der Waals surface area contributed by atoms with Gasteiger partial charge in [-0.05, 0) is 11.6 Å². The van der Waals surface area contributed by atoms with Crippen molar-refractivity contribution in [2.75, 3.05) is 0 Å². The summed E-state index contributed by atoms with van der Waals surface area (Å²) < 4.78 is 75.6. The number of aryl methyl sites for hydroxylation is 1. The molecule has 2 N–H and O–H groups in total. The first-order chi connectivity index (χ1) is 15.9. The Balaban J connectivity index is 1.51. The molecule has 0 aliphatic heterocycles. The Hall–Kier alpha value is -3.72. The minimum Gasteiger partial charge on any atom is -0.352 e. The summed E-state index contributed by atoms with van der Waals surface area (Å²) >= 11 is 0. The predicted molar refractivity (Wildman–Crippen MR) is 102 cm³/mol. The largest absolute Gasteiger partial charge is 0.390 e. The van der Waals surface area contributed by atoms with Gasteiger partial charge in [-0.3, -0.25) is 14.3 Å². The highest BCUT2D eigenvalue weighted by Gasteiger charge is 2.28. The van der Waals surface area contributed by atoms with Crippen molar-refractivity contribution >= 4 is 17.5 Å². The number of carbonyl (C=O) groups is 2. The molecule has 0 spiro atoms. The second-order valence-electron chi connectivity index (χ2n) is 7.17. The van der Waals surface area contributed by atoms with E-state index in [4.69, 9.17) is 0 Å². The third-order valence-corrected chi connectivity index (χ3v) is 4.35. The Kier molecular flexibility index (Phi) is 7.36. The number of hydrogen-bond acceptors (Lipinski definition) is 6. The van der Waals surface area contributed by atoms with E-state index in [0.717, 1.165) is 11.0 Å². The summed E-state index contributed by atoms with van der Waals surface area (Å²) in [6.45, 7) is -0.558. The van der Waals surface area contributed by atoms with Crippen LogP contribution < -0.4 is 10.6 Å². The maximum absolute atomic E-state index is 12.3. The summed E-state index contributed by atoms with van der Waals surface area (Å²) in [6.07, 6.45) is -7.83. The zero-order chi connectivity index (χ0) is 24.9. The SMILES string of the molecule is O=C(CCC(F)(F)F)NCc1cnn2cc(CNC(=O)c3ncn(CCC(F)(F)F)n3)nc2c1. The molecule has 0 saturated carbocycles. The van der Waals surface area contributed by atoms with E-state index >= 15 is 0 Å². The summed E-state index contributed by atoms with van der Waals surface area (Å²) in [5.74, 6) is -1.76. The van der Waals surface area contributed by atoms with Crippen molar-refractivity contribution in [1.82, 2.24) is 40.0 Å². The maximum Gasteiger partial charge on any atom is 0.390 e. The Morgan fingerprint density at radius 1 is 1.00 bits per heavy atom. The number of fused-ring (bicyclic) bond motifs is 1. The molecule has 0 saturated heterocycles. The van der Waals surface area contributed by atoms with Gasteiger partial charge in [0.2, 0.25) is 11.7 Å². The van der Waals surface area contributed by atoms with Crippen LogP contribution in [0.25, 0.3) is 5.65 Å². The van der Waals surface area contributed by atoms with Gasteiger partial charge in [-0.25, -0.2) is 14.5 Å². The molecule has 2 amide bonds. The number of rotatable bonds is 9. The zero-order valence-electron chi connectivity index (χ0n) is 17.3. The number of halogens is 6. The lowest BCUT2D eigenvalue weighted by Gasteiger charge is -2.07. The number of nitrogens with one attached hydrogen (secondary N) is 2. The standard InChI is InChI=1S/C18H18F6N8O2/c19-17(20,21)2-1-14(33)25-6-11-5-13-29-12(9-32(13)28-7-11)8-26-16(34)15-27-10-31(30-15)4-3-18(22,23)24/h5,7,9-10H,1-4,6,8H2,(H,25,33)(H,26,34). The lowest BCUT2D eigenvalue weighted by atomic mass is 10.2. The number of nitrogens with zero attached hydrogens (tertiary/aromatic N) is 6. The summed E-state index contributed by atoms with van der Waals surface area (Å²) in [5.41, 5.74) is 1.26. The van der Waals surface area contributed by atoms with Crippen LogP contribution in [0.1, 0.15) is 41.1 Å². The summed E-state index contributed by atoms with van der Waals surface area (Å²) in [5, 5.41) is 12.6. The molecular formula is C18H18F6N8O2. The molecule has 10 nitrogen and oxygen atoms in total. The van der Waals surface area contributed by atoms with E-state index in [1.807, 2.05) is 0 Å². The molecule has 0 aromatic carbocycles. The fraction of sp³-hybridized carbons (Fsp3) is 0.444. The van der Waals surface area contributed by atoms with Gasteiger partial charge in [0.05, 0.1) is 44.0 Å². The quantitative estimate of drug-likeness (QED) is 0.442. The van der Waals surface area contributed by atoms with Gasteiger partial charge >= 0.3 is 12.4 Å². The van der Waals surface area contributed by atoms with Crippen molar-refractivity contribution in [3.05, 3.63) is 41.9 Å². The Labute approximate surface area is 187 Å². The molecule has 0 unspecified atom stereocenters. The van der Waals surface area contributed by atoms with Gasteiger partial charge in [0.1, 0.15) is 6.33 Å². The Bertz CT molecular complexity index is 1150. The normalized spacial score (nSPS) is 12.2. The lowest BCUT2D eigenvalue weighted by Crippen LogP contribution is -2.24. The molecule has 0 fully saturated rings. The highest BCUT2D eigenvalue weighted by Crippen LogP contribution is 2.21. The van der Waals surface area contributed by atoms with Crippen LogP contribution in [-0.2, 0) is 24.4 Å². The first-order valence-electron chi connectivity index (χ1n) is 9.79. The number of amides is 2. The van der Waals surface area contributed by atoms with Crippen LogP contribution in [0.5, 0.6) is 0 Å². The van der Waals surface area contributed by atoms with Crippen molar-refractivity contribution in [2.45, 2.75) is 51.2 Å². The van der Waals surface area contributed by atoms with E-state index < -0.39 is 50.0 Å². The molecule has 0 aliphatic carbocycles. The van der Waals surface area contributed by atoms with E-state index in [0.29, 0.717) is 16.9 Å². The van der Waals surface area contributed by atoms with E-state index in [9.17, 15) is 35.9 Å². The molecule has 34 heavy (non-hydrogen) atoms. The summed E-state index contributed by atoms with van der Waals surface area (Å²) in [7, 11) is 0. The second-order valence-corrected chi connectivity index (χ2v) is 7.17. The molecule has 0 radical (unpaired) electrons. The van der Waals surface area contributed by atoms with E-state index in [2.05, 4.69) is 30.8 Å². The van der Waals surface area contributed by atoms with Crippen LogP contribution in [0.15, 0.2) is 24.8 Å². The van der Waals surface area contributed by atoms with Gasteiger partial charge in [-0.1, -0.05) is 0 Å². The third-order valence-electron chi connectivity index (χ3n) is 4.35. The van der Waals surface area contributed by atoms with Crippen LogP contribution in [-0.4, -0.2) is 53.5 Å². The van der Waals surface area contributed by atoms with Gasteiger partial charge in [-0.15, -0.1) is 5.10 Å². The highest BCUT2D eigenvalue weighted by atomic mass is 19.4. The first-order valence-corrected chi connectivity index (χ1v) is 9.79. The number of alkyl halides is 6. The van der Waals surface area contributed by atoms with E-state index in [1.54, 1.807) is 6.07 Å². The first kappa shape index (κ1) is 24.9. The monoisotopic (exact) mass is 492 g/mol. The van der Waals surface area contributed by atoms with Crippen molar-refractivity contribution in [3.63, 3.8) is 0 Å². The summed E-state index contributed by atoms with van der Waals surface area (Å²) in [4.78, 5) is 31.6. The van der Waals surface area contributed by atoms with Gasteiger partial charge in [0.15, 0.2) is 5.65 Å². The molecule has 3 rings (SSSR count). The van der Waals surface area contributed by atoms with Crippen molar-refractivity contribution in [2.24, 2.45) is 0 Å². The fourth-order valence-electron chi connectivity index (χ4n) is 2.69. The van der Waals surface area contributed by atoms with Crippen LogP contribution >= 0.6 is 0 Å². The predicted octanol–water partition coefficient (Wildman–Crippen LogP) is 2.16. The molecule has 0 aliphatic rings. The van der Waals surface area contributed by atoms with E-state index in [1.165, 1.54) is 16.9 Å². The summed E-state index contributed by atoms with van der Waals surface area (Å²) in [6, 6.07) is 1.56. The molecular weight excluding hydrogens is 474 g/mol. The zero-order valence-corrected chi connectivity index (χ0v) is 17.3. The minimum absolute atomic E-state index is 0.0399. The van der Waals surface area contributed by atoms with Gasteiger partial charge < -0.3 is 10.6 Å². The van der Waals surface area contributed by atoms with Crippen molar-refractivity contribution in [3.8, 4) is 0 Å². The molecule has 184 valence electrons. The van der Waals surface area contributed by atoms with Gasteiger partial charge in [0, 0.05) is 13.0 Å². The Morgan fingerprint density at radius 2 is 1.74 bits per heavy atom. The maximum atomic E-state index is 12.3. The average molecular weight is 492 g/mol. The van der Waals surface area contributed by atoms with Gasteiger partial charge in [-0.2, -0.15) is 31.4 Å². The lowest BCUT2D eigenvalue weighted by molar-refractivity contribution is -0.144. The molecule has 0 atom stereocenters. The molecule has 3 aromatic rings.